The summed E-state index contributed by atoms with van der Waals surface area (Å²) in [6.45, 7) is 3.77. The molecule has 7 heteroatoms. The Labute approximate surface area is 154 Å². The topological polar surface area (TPSA) is 57.6 Å². The van der Waals surface area contributed by atoms with Crippen LogP contribution in [0.1, 0.15) is 17.9 Å². The highest BCUT2D eigenvalue weighted by Gasteiger charge is 2.72. The fourth-order valence-corrected chi connectivity index (χ4v) is 4.67. The molecule has 1 aliphatic heterocycles. The second-order valence-electron chi connectivity index (χ2n) is 5.93. The van der Waals surface area contributed by atoms with E-state index in [9.17, 15) is 14.7 Å². The van der Waals surface area contributed by atoms with E-state index in [2.05, 4.69) is 6.58 Å². The van der Waals surface area contributed by atoms with E-state index in [1.165, 1.54) is 19.2 Å². The van der Waals surface area contributed by atoms with Gasteiger partial charge in [0, 0.05) is 18.0 Å². The Kier molecular flexibility index (Phi) is 3.98. The molecule has 2 aliphatic rings. The van der Waals surface area contributed by atoms with Crippen molar-refractivity contribution in [3.63, 3.8) is 0 Å². The van der Waals surface area contributed by atoms with Crippen LogP contribution >= 0.6 is 34.8 Å². The molecule has 1 fully saturated rings. The number of phenolic OH excluding ortho intramolecular Hbond substituents is 1. The third-order valence-electron chi connectivity index (χ3n) is 4.72. The number of halogens is 3. The molecule has 3 rings (SSSR count). The highest BCUT2D eigenvalue weighted by molar-refractivity contribution is 6.53. The summed E-state index contributed by atoms with van der Waals surface area (Å²) in [5.41, 5.74) is 1.15. The van der Waals surface area contributed by atoms with Gasteiger partial charge in [-0.05, 0) is 29.7 Å². The van der Waals surface area contributed by atoms with Crippen molar-refractivity contribution in [3.05, 3.63) is 53.1 Å². The summed E-state index contributed by atoms with van der Waals surface area (Å²) >= 11 is 19.6. The van der Waals surface area contributed by atoms with Crippen LogP contribution in [0.3, 0.4) is 0 Å². The van der Waals surface area contributed by atoms with Crippen LogP contribution in [0.2, 0.25) is 5.02 Å². The number of hydrogen-bond acceptors (Lipinski definition) is 3. The molecule has 24 heavy (non-hydrogen) atoms. The van der Waals surface area contributed by atoms with Crippen molar-refractivity contribution in [2.45, 2.75) is 22.1 Å². The first-order valence-corrected chi connectivity index (χ1v) is 8.33. The minimum Gasteiger partial charge on any atom is -0.508 e. The third kappa shape index (κ3) is 2.00. The predicted octanol–water partition coefficient (Wildman–Crippen LogP) is 3.60. The smallest absolute Gasteiger partial charge is 0.253 e. The fourth-order valence-electron chi connectivity index (χ4n) is 3.47. The van der Waals surface area contributed by atoms with Gasteiger partial charge in [0.25, 0.3) is 11.8 Å². The lowest BCUT2D eigenvalue weighted by Gasteiger charge is -2.42. The number of nitrogens with zero attached hydrogens (tertiary/aromatic N) is 1. The molecule has 1 aromatic rings. The first-order chi connectivity index (χ1) is 11.2. The van der Waals surface area contributed by atoms with Gasteiger partial charge in [-0.15, -0.1) is 23.2 Å². The number of carbonyl (C=O) groups is 2. The van der Waals surface area contributed by atoms with Crippen LogP contribution in [0.25, 0.3) is 0 Å². The van der Waals surface area contributed by atoms with Crippen molar-refractivity contribution in [1.29, 1.82) is 0 Å². The largest absolute Gasteiger partial charge is 0.508 e. The molecule has 2 amide bonds. The minimum atomic E-state index is -1.72. The van der Waals surface area contributed by atoms with Gasteiger partial charge in [0.1, 0.15) is 5.75 Å². The van der Waals surface area contributed by atoms with E-state index >= 15 is 0 Å². The molecule has 0 unspecified atom stereocenters. The molecule has 0 spiro atoms. The number of likely N-dealkylation sites (tertiary alicyclic amines) is 1. The van der Waals surface area contributed by atoms with Crippen molar-refractivity contribution < 1.29 is 14.7 Å². The van der Waals surface area contributed by atoms with E-state index in [0.29, 0.717) is 11.1 Å². The summed E-state index contributed by atoms with van der Waals surface area (Å²) in [6.07, 6.45) is 3.43. The average molecular weight is 387 g/mol. The molecule has 1 N–H and O–H groups in total. The molecule has 3 atom stereocenters. The molecule has 0 radical (unpaired) electrons. The molecular formula is C17H14Cl3NO3. The standard InChI is InChI=1S/C17H14Cl3NO3/c1-3-9-6-7-16(19)14(23)21(2)15(24)17(16,20)13(9)11-5-4-10(22)8-12(11)18/h3-6,8,13,22H,1,7H2,2H3/t13-,16-,17+/m1/s1. The van der Waals surface area contributed by atoms with Crippen LogP contribution in [0.4, 0.5) is 0 Å². The Morgan fingerprint density at radius 3 is 2.58 bits per heavy atom. The molecule has 1 aliphatic carbocycles. The maximum atomic E-state index is 12.8. The number of hydrogen-bond donors (Lipinski definition) is 1. The Balaban J connectivity index is 2.30. The van der Waals surface area contributed by atoms with Gasteiger partial charge in [0.2, 0.25) is 0 Å². The summed E-state index contributed by atoms with van der Waals surface area (Å²) in [7, 11) is 1.36. The van der Waals surface area contributed by atoms with Crippen LogP contribution in [0, 0.1) is 0 Å². The second kappa shape index (κ2) is 5.51. The van der Waals surface area contributed by atoms with Gasteiger partial charge in [-0.3, -0.25) is 14.5 Å². The molecular weight excluding hydrogens is 373 g/mol. The van der Waals surface area contributed by atoms with E-state index in [1.807, 2.05) is 0 Å². The van der Waals surface area contributed by atoms with Gasteiger partial charge >= 0.3 is 0 Å². The number of aromatic hydroxyl groups is 1. The SMILES string of the molecule is C=CC1=CC[C@@]2(Cl)C(=O)N(C)C(=O)[C@@]2(Cl)[C@H]1c1ccc(O)cc1Cl. The highest BCUT2D eigenvalue weighted by atomic mass is 35.5. The lowest BCUT2D eigenvalue weighted by Crippen LogP contribution is -2.54. The molecule has 126 valence electrons. The Morgan fingerprint density at radius 1 is 1.33 bits per heavy atom. The molecule has 0 bridgehead atoms. The first-order valence-electron chi connectivity index (χ1n) is 7.19. The normalized spacial score (nSPS) is 32.6. The molecule has 0 saturated carbocycles. The van der Waals surface area contributed by atoms with E-state index in [4.69, 9.17) is 34.8 Å². The zero-order chi connectivity index (χ0) is 17.9. The monoisotopic (exact) mass is 385 g/mol. The highest BCUT2D eigenvalue weighted by Crippen LogP contribution is 2.59. The number of carbonyl (C=O) groups excluding carboxylic acids is 2. The maximum Gasteiger partial charge on any atom is 0.253 e. The van der Waals surface area contributed by atoms with Gasteiger partial charge in [-0.2, -0.15) is 0 Å². The molecule has 4 nitrogen and oxygen atoms in total. The van der Waals surface area contributed by atoms with Gasteiger partial charge in [0.05, 0.1) is 0 Å². The number of phenols is 1. The van der Waals surface area contributed by atoms with Crippen molar-refractivity contribution >= 4 is 46.6 Å². The number of imide groups is 1. The zero-order valence-electron chi connectivity index (χ0n) is 12.7. The van der Waals surface area contributed by atoms with E-state index in [1.54, 1.807) is 18.2 Å². The maximum absolute atomic E-state index is 12.8. The number of benzene rings is 1. The van der Waals surface area contributed by atoms with E-state index in [0.717, 1.165) is 4.90 Å². The average Bonchev–Trinajstić information content (AvgIpc) is 2.67. The van der Waals surface area contributed by atoms with Crippen LogP contribution in [-0.2, 0) is 9.59 Å². The summed E-state index contributed by atoms with van der Waals surface area (Å²) in [4.78, 5) is 23.0. The van der Waals surface area contributed by atoms with E-state index in [-0.39, 0.29) is 17.2 Å². The fraction of sp³-hybridized carbons (Fsp3) is 0.294. The van der Waals surface area contributed by atoms with Crippen molar-refractivity contribution in [2.24, 2.45) is 0 Å². The van der Waals surface area contributed by atoms with Crippen molar-refractivity contribution in [2.75, 3.05) is 7.05 Å². The summed E-state index contributed by atoms with van der Waals surface area (Å²) in [6, 6.07) is 4.37. The molecule has 1 heterocycles. The number of alkyl halides is 2. The van der Waals surface area contributed by atoms with E-state index < -0.39 is 27.5 Å². The van der Waals surface area contributed by atoms with Crippen LogP contribution in [0.15, 0.2) is 42.5 Å². The first kappa shape index (κ1) is 17.3. The lowest BCUT2D eigenvalue weighted by atomic mass is 9.68. The minimum absolute atomic E-state index is 0.0182. The molecule has 0 aromatic heterocycles. The van der Waals surface area contributed by atoms with Gasteiger partial charge in [-0.25, -0.2) is 0 Å². The van der Waals surface area contributed by atoms with Crippen molar-refractivity contribution in [3.8, 4) is 5.75 Å². The summed E-state index contributed by atoms with van der Waals surface area (Å²) < 4.78 is 0. The molecule has 1 saturated heterocycles. The number of rotatable bonds is 2. The Bertz CT molecular complexity index is 806. The predicted molar refractivity (Wildman–Crippen MR) is 93.7 cm³/mol. The van der Waals surface area contributed by atoms with Gasteiger partial charge in [0.15, 0.2) is 9.75 Å². The van der Waals surface area contributed by atoms with Crippen molar-refractivity contribution in [1.82, 2.24) is 4.90 Å². The summed E-state index contributed by atoms with van der Waals surface area (Å²) in [5, 5.41) is 9.82. The molecule has 1 aromatic carbocycles. The number of allylic oxidation sites excluding steroid dienone is 3. The lowest BCUT2D eigenvalue weighted by molar-refractivity contribution is -0.137. The quantitative estimate of drug-likeness (QED) is 0.624. The Hall–Kier alpha value is -1.49. The van der Waals surface area contributed by atoms with Crippen LogP contribution in [0.5, 0.6) is 5.75 Å². The van der Waals surface area contributed by atoms with Gasteiger partial charge < -0.3 is 5.11 Å². The Morgan fingerprint density at radius 2 is 2.00 bits per heavy atom. The third-order valence-corrected chi connectivity index (χ3v) is 6.46. The van der Waals surface area contributed by atoms with Gasteiger partial charge in [-0.1, -0.05) is 36.4 Å². The second-order valence-corrected chi connectivity index (χ2v) is 7.58. The summed E-state index contributed by atoms with van der Waals surface area (Å²) in [5.74, 6) is -1.90. The zero-order valence-corrected chi connectivity index (χ0v) is 15.0. The van der Waals surface area contributed by atoms with Crippen LogP contribution in [-0.4, -0.2) is 38.6 Å². The number of fused-ring (bicyclic) bond motifs is 1. The number of amides is 2. The van der Waals surface area contributed by atoms with Crippen LogP contribution < -0.4 is 0 Å².